The molecule has 15 heavy (non-hydrogen) atoms. The zero-order chi connectivity index (χ0) is 11.6. The second-order valence-electron chi connectivity index (χ2n) is 3.42. The molecule has 1 heterocycles. The van der Waals surface area contributed by atoms with Gasteiger partial charge >= 0.3 is 0 Å². The van der Waals surface area contributed by atoms with Crippen LogP contribution in [0.4, 0.5) is 0 Å². The van der Waals surface area contributed by atoms with Crippen molar-refractivity contribution in [3.63, 3.8) is 0 Å². The van der Waals surface area contributed by atoms with Crippen LogP contribution in [0.25, 0.3) is 0 Å². The van der Waals surface area contributed by atoms with Crippen LogP contribution in [-0.2, 0) is 9.47 Å². The van der Waals surface area contributed by atoms with Crippen LogP contribution in [0.1, 0.15) is 0 Å². The molecule has 1 aliphatic heterocycles. The number of aliphatic hydroxyl groups is 5. The van der Waals surface area contributed by atoms with Crippen molar-refractivity contribution in [3.05, 3.63) is 0 Å². The molecule has 7 nitrogen and oxygen atoms in total. The first kappa shape index (κ1) is 12.8. The number of methoxy groups -OCH3 is 1. The molecule has 1 aliphatic rings. The molecule has 0 aromatic heterocycles. The fraction of sp³-hybridized carbons (Fsp3) is 1.00. The van der Waals surface area contributed by atoms with Gasteiger partial charge in [0, 0.05) is 7.11 Å². The minimum atomic E-state index is -1.60. The Balaban J connectivity index is 2.85. The van der Waals surface area contributed by atoms with E-state index in [1.807, 2.05) is 0 Å². The molecule has 0 aromatic rings. The molecule has 0 saturated carbocycles. The number of ether oxygens (including phenoxy) is 2. The van der Waals surface area contributed by atoms with E-state index in [2.05, 4.69) is 0 Å². The van der Waals surface area contributed by atoms with Gasteiger partial charge in [-0.15, -0.1) is 0 Å². The maximum absolute atomic E-state index is 9.47. The van der Waals surface area contributed by atoms with Gasteiger partial charge in [0.2, 0.25) is 0 Å². The van der Waals surface area contributed by atoms with Crippen molar-refractivity contribution in [1.82, 2.24) is 0 Å². The van der Waals surface area contributed by atoms with Crippen LogP contribution in [0.3, 0.4) is 0 Å². The highest BCUT2D eigenvalue weighted by molar-refractivity contribution is 4.90. The summed E-state index contributed by atoms with van der Waals surface area (Å²) < 4.78 is 9.70. The Morgan fingerprint density at radius 2 is 1.53 bits per heavy atom. The number of rotatable bonds is 2. The van der Waals surface area contributed by atoms with Crippen LogP contribution in [0.2, 0.25) is 0 Å². The smallest absolute Gasteiger partial charge is 0.186 e. The van der Waals surface area contributed by atoms with Crippen molar-refractivity contribution in [3.8, 4) is 0 Å². The van der Waals surface area contributed by atoms with Gasteiger partial charge in [-0.1, -0.05) is 0 Å². The van der Waals surface area contributed by atoms with Gasteiger partial charge in [-0.05, 0) is 0 Å². The monoisotopic (exact) mass is 224 g/mol. The average Bonchev–Trinajstić information content (AvgIpc) is 2.33. The third-order valence-electron chi connectivity index (χ3n) is 2.43. The zero-order valence-corrected chi connectivity index (χ0v) is 8.22. The second-order valence-corrected chi connectivity index (χ2v) is 3.42. The van der Waals surface area contributed by atoms with Crippen LogP contribution in [0, 0.1) is 0 Å². The van der Waals surface area contributed by atoms with E-state index in [0.29, 0.717) is 0 Å². The summed E-state index contributed by atoms with van der Waals surface area (Å²) in [7, 11) is 1.24. The minimum Gasteiger partial charge on any atom is -0.394 e. The molecular weight excluding hydrogens is 208 g/mol. The quantitative estimate of drug-likeness (QED) is 0.335. The summed E-state index contributed by atoms with van der Waals surface area (Å²) in [6, 6.07) is 0. The fourth-order valence-electron chi connectivity index (χ4n) is 1.46. The van der Waals surface area contributed by atoms with Crippen LogP contribution in [-0.4, -0.2) is 76.1 Å². The average molecular weight is 224 g/mol. The van der Waals surface area contributed by atoms with Gasteiger partial charge in [0.05, 0.1) is 6.61 Å². The summed E-state index contributed by atoms with van der Waals surface area (Å²) in [6.07, 6.45) is -8.49. The van der Waals surface area contributed by atoms with Gasteiger partial charge in [-0.25, -0.2) is 0 Å². The molecule has 0 aliphatic carbocycles. The highest BCUT2D eigenvalue weighted by atomic mass is 16.7. The Hall–Kier alpha value is -0.280. The molecule has 0 amide bonds. The van der Waals surface area contributed by atoms with Gasteiger partial charge in [0.15, 0.2) is 6.29 Å². The predicted octanol–water partition coefficient (Wildman–Crippen LogP) is -3.21. The molecule has 1 fully saturated rings. The van der Waals surface area contributed by atoms with Crippen LogP contribution < -0.4 is 0 Å². The third-order valence-corrected chi connectivity index (χ3v) is 2.43. The van der Waals surface area contributed by atoms with Crippen LogP contribution >= 0.6 is 0 Å². The normalized spacial score (nSPS) is 47.6. The number of aliphatic hydroxyl groups excluding tert-OH is 5. The summed E-state index contributed by atoms with van der Waals surface area (Å²) >= 11 is 0. The molecule has 0 spiro atoms. The lowest BCUT2D eigenvalue weighted by molar-refractivity contribution is -0.221. The van der Waals surface area contributed by atoms with Crippen LogP contribution in [0.15, 0.2) is 0 Å². The van der Waals surface area contributed by atoms with E-state index in [4.69, 9.17) is 14.6 Å². The number of hydrogen-bond donors (Lipinski definition) is 5. The molecule has 5 N–H and O–H groups in total. The Kier molecular flexibility index (Phi) is 4.41. The third kappa shape index (κ3) is 2.45. The lowest BCUT2D eigenvalue weighted by Crippen LogP contribution is -2.47. The Morgan fingerprint density at radius 1 is 1.00 bits per heavy atom. The first-order valence-electron chi connectivity index (χ1n) is 4.54. The van der Waals surface area contributed by atoms with E-state index in [1.165, 1.54) is 7.11 Å². The highest BCUT2D eigenvalue weighted by Crippen LogP contribution is 2.21. The van der Waals surface area contributed by atoms with Crippen molar-refractivity contribution in [2.75, 3.05) is 13.7 Å². The SMILES string of the molecule is CO[C@H]1O[C@@H](CO)[C@@H](O)[C@H](O)[C@@H](O)[C@@H]1O. The van der Waals surface area contributed by atoms with Crippen molar-refractivity contribution in [2.24, 2.45) is 0 Å². The van der Waals surface area contributed by atoms with E-state index >= 15 is 0 Å². The van der Waals surface area contributed by atoms with E-state index in [0.717, 1.165) is 0 Å². The summed E-state index contributed by atoms with van der Waals surface area (Å²) in [5.74, 6) is 0. The maximum atomic E-state index is 9.47. The van der Waals surface area contributed by atoms with Crippen molar-refractivity contribution < 1.29 is 35.0 Å². The van der Waals surface area contributed by atoms with Gasteiger partial charge in [-0.3, -0.25) is 0 Å². The molecule has 6 atom stereocenters. The van der Waals surface area contributed by atoms with E-state index < -0.39 is 43.4 Å². The van der Waals surface area contributed by atoms with Crippen molar-refractivity contribution in [1.29, 1.82) is 0 Å². The lowest BCUT2D eigenvalue weighted by atomic mass is 10.0. The largest absolute Gasteiger partial charge is 0.394 e. The molecule has 0 unspecified atom stereocenters. The molecule has 7 heteroatoms. The Morgan fingerprint density at radius 3 is 2.00 bits per heavy atom. The maximum Gasteiger partial charge on any atom is 0.186 e. The summed E-state index contributed by atoms with van der Waals surface area (Å²) in [5, 5.41) is 46.6. The molecule has 0 aromatic carbocycles. The molecular formula is C8H16O7. The second kappa shape index (κ2) is 5.17. The first-order valence-corrected chi connectivity index (χ1v) is 4.54. The lowest BCUT2D eigenvalue weighted by Gasteiger charge is -2.23. The molecule has 90 valence electrons. The van der Waals surface area contributed by atoms with E-state index in [1.54, 1.807) is 0 Å². The summed E-state index contributed by atoms with van der Waals surface area (Å²) in [5.41, 5.74) is 0. The number of hydrogen-bond acceptors (Lipinski definition) is 7. The molecule has 1 rings (SSSR count). The summed E-state index contributed by atoms with van der Waals surface area (Å²) in [6.45, 7) is -0.558. The van der Waals surface area contributed by atoms with Gasteiger partial charge in [0.25, 0.3) is 0 Å². The molecule has 0 bridgehead atoms. The Labute approximate surface area is 86.5 Å². The van der Waals surface area contributed by atoms with Crippen molar-refractivity contribution >= 4 is 0 Å². The predicted molar refractivity (Wildman–Crippen MR) is 46.8 cm³/mol. The molecule has 1 saturated heterocycles. The minimum absolute atomic E-state index is 0.558. The Bertz CT molecular complexity index is 170. The summed E-state index contributed by atoms with van der Waals surface area (Å²) in [4.78, 5) is 0. The first-order chi connectivity index (χ1) is 7.02. The standard InChI is InChI=1S/C8H16O7/c1-14-8-7(13)6(12)5(11)4(10)3(2-9)15-8/h3-13H,2H2,1H3/t3-,4+,5-,6+,7-,8-/m0/s1. The fourth-order valence-corrected chi connectivity index (χ4v) is 1.46. The van der Waals surface area contributed by atoms with Gasteiger partial charge < -0.3 is 35.0 Å². The van der Waals surface area contributed by atoms with Gasteiger partial charge in [0.1, 0.15) is 30.5 Å². The van der Waals surface area contributed by atoms with E-state index in [-0.39, 0.29) is 0 Å². The molecule has 0 radical (unpaired) electrons. The topological polar surface area (TPSA) is 120 Å². The van der Waals surface area contributed by atoms with Gasteiger partial charge in [-0.2, -0.15) is 0 Å². The highest BCUT2D eigenvalue weighted by Gasteiger charge is 2.44. The van der Waals surface area contributed by atoms with Crippen molar-refractivity contribution in [2.45, 2.75) is 36.8 Å². The van der Waals surface area contributed by atoms with E-state index in [9.17, 15) is 20.4 Å². The zero-order valence-electron chi connectivity index (χ0n) is 8.22. The van der Waals surface area contributed by atoms with Crippen LogP contribution in [0.5, 0.6) is 0 Å².